The van der Waals surface area contributed by atoms with Crippen molar-refractivity contribution >= 4 is 17.8 Å². The van der Waals surface area contributed by atoms with E-state index in [0.717, 1.165) is 12.1 Å². The van der Waals surface area contributed by atoms with Gasteiger partial charge in [-0.15, -0.1) is 0 Å². The van der Waals surface area contributed by atoms with Gasteiger partial charge in [0.25, 0.3) is 5.91 Å². The highest BCUT2D eigenvalue weighted by Crippen LogP contribution is 2.39. The fourth-order valence-corrected chi connectivity index (χ4v) is 2.80. The van der Waals surface area contributed by atoms with Gasteiger partial charge in [0, 0.05) is 6.04 Å². The second kappa shape index (κ2) is 7.21. The van der Waals surface area contributed by atoms with Gasteiger partial charge >= 0.3 is 12.2 Å². The molecule has 0 aliphatic carbocycles. The predicted molar refractivity (Wildman–Crippen MR) is 91.5 cm³/mol. The molecule has 1 fully saturated rings. The molecule has 1 saturated heterocycles. The maximum Gasteiger partial charge on any atom is 0.416 e. The van der Waals surface area contributed by atoms with Gasteiger partial charge in [0.2, 0.25) is 5.91 Å². The molecule has 1 aliphatic heterocycles. The molecule has 148 valence electrons. The molecule has 0 bridgehead atoms. The molecule has 1 aromatic rings. The van der Waals surface area contributed by atoms with Crippen LogP contribution in [0.1, 0.15) is 38.8 Å². The van der Waals surface area contributed by atoms with Crippen LogP contribution >= 0.6 is 0 Å². The smallest absolute Gasteiger partial charge is 0.352 e. The maximum atomic E-state index is 13.3. The summed E-state index contributed by atoms with van der Waals surface area (Å²) in [6.07, 6.45) is -4.69. The Kier molecular flexibility index (Phi) is 5.53. The lowest BCUT2D eigenvalue weighted by Crippen LogP contribution is -2.46. The lowest BCUT2D eigenvalue weighted by molar-refractivity contribution is -0.140. The summed E-state index contributed by atoms with van der Waals surface area (Å²) in [5.74, 6) is -1.33. The molecule has 4 amide bonds. The van der Waals surface area contributed by atoms with Crippen molar-refractivity contribution in [2.45, 2.75) is 45.5 Å². The van der Waals surface area contributed by atoms with Gasteiger partial charge in [-0.3, -0.25) is 14.5 Å². The average Bonchev–Trinajstić information content (AvgIpc) is 2.78. The van der Waals surface area contributed by atoms with E-state index in [-0.39, 0.29) is 17.5 Å². The van der Waals surface area contributed by atoms with E-state index >= 15 is 0 Å². The highest BCUT2D eigenvalue weighted by Gasteiger charge is 2.52. The standard InChI is InChI=1S/C18H22F3N3O3/c1-10(2)11(3)22-14(25)9-24-15(26)17(4,23-16(24)27)12-7-5-6-8-13(12)18(19,20)21/h5-8,10-11H,9H2,1-4H3,(H,22,25)(H,23,27)/t11-,17+/m0/s1. The van der Waals surface area contributed by atoms with Gasteiger partial charge in [0.15, 0.2) is 0 Å². The van der Waals surface area contributed by atoms with Crippen LogP contribution in [0.15, 0.2) is 24.3 Å². The number of rotatable bonds is 5. The number of imide groups is 1. The molecule has 2 rings (SSSR count). The van der Waals surface area contributed by atoms with Gasteiger partial charge in [-0.1, -0.05) is 32.0 Å². The number of hydrogen-bond acceptors (Lipinski definition) is 3. The van der Waals surface area contributed by atoms with E-state index < -0.39 is 41.7 Å². The minimum absolute atomic E-state index is 0.140. The molecule has 9 heteroatoms. The van der Waals surface area contributed by atoms with Crippen LogP contribution in [-0.2, 0) is 21.3 Å². The van der Waals surface area contributed by atoms with Crippen molar-refractivity contribution in [2.24, 2.45) is 5.92 Å². The maximum absolute atomic E-state index is 13.3. The van der Waals surface area contributed by atoms with Gasteiger partial charge < -0.3 is 10.6 Å². The van der Waals surface area contributed by atoms with Gasteiger partial charge in [-0.25, -0.2) is 4.79 Å². The molecule has 6 nitrogen and oxygen atoms in total. The SMILES string of the molecule is CC(C)[C@H](C)NC(=O)CN1C(=O)N[C@](C)(c2ccccc2C(F)(F)F)C1=O. The van der Waals surface area contributed by atoms with Crippen molar-refractivity contribution in [1.29, 1.82) is 0 Å². The van der Waals surface area contributed by atoms with E-state index in [0.29, 0.717) is 4.90 Å². The van der Waals surface area contributed by atoms with E-state index in [2.05, 4.69) is 10.6 Å². The average molecular weight is 385 g/mol. The van der Waals surface area contributed by atoms with Crippen molar-refractivity contribution in [1.82, 2.24) is 15.5 Å². The number of halogens is 3. The van der Waals surface area contributed by atoms with Gasteiger partial charge in [-0.2, -0.15) is 13.2 Å². The Balaban J connectivity index is 2.29. The second-order valence-electron chi connectivity index (χ2n) is 7.09. The molecule has 1 aromatic carbocycles. The van der Waals surface area contributed by atoms with Gasteiger partial charge in [0.05, 0.1) is 5.56 Å². The first-order valence-corrected chi connectivity index (χ1v) is 8.48. The summed E-state index contributed by atoms with van der Waals surface area (Å²) >= 11 is 0. The first-order chi connectivity index (χ1) is 12.4. The zero-order valence-electron chi connectivity index (χ0n) is 15.5. The molecular weight excluding hydrogens is 363 g/mol. The molecule has 0 spiro atoms. The Bertz CT molecular complexity index is 764. The van der Waals surface area contributed by atoms with Crippen LogP contribution in [0.5, 0.6) is 0 Å². The summed E-state index contributed by atoms with van der Waals surface area (Å²) in [6.45, 7) is 6.20. The minimum atomic E-state index is -4.69. The van der Waals surface area contributed by atoms with E-state index in [1.54, 1.807) is 6.92 Å². The number of nitrogens with one attached hydrogen (secondary N) is 2. The fraction of sp³-hybridized carbons (Fsp3) is 0.500. The first kappa shape index (κ1) is 20.7. The summed E-state index contributed by atoms with van der Waals surface area (Å²) in [5, 5.41) is 4.96. The molecule has 27 heavy (non-hydrogen) atoms. The van der Waals surface area contributed by atoms with E-state index in [1.807, 2.05) is 13.8 Å². The molecule has 1 heterocycles. The fourth-order valence-electron chi connectivity index (χ4n) is 2.80. The highest BCUT2D eigenvalue weighted by atomic mass is 19.4. The van der Waals surface area contributed by atoms with Crippen molar-refractivity contribution in [3.8, 4) is 0 Å². The minimum Gasteiger partial charge on any atom is -0.352 e. The van der Waals surface area contributed by atoms with Crippen LogP contribution in [0.2, 0.25) is 0 Å². The number of carbonyl (C=O) groups is 3. The first-order valence-electron chi connectivity index (χ1n) is 8.48. The van der Waals surface area contributed by atoms with Crippen LogP contribution < -0.4 is 10.6 Å². The van der Waals surface area contributed by atoms with Crippen molar-refractivity contribution in [2.75, 3.05) is 6.54 Å². The highest BCUT2D eigenvalue weighted by molar-refractivity contribution is 6.09. The summed E-state index contributed by atoms with van der Waals surface area (Å²) in [5.41, 5.74) is -3.29. The van der Waals surface area contributed by atoms with Gasteiger partial charge in [0.1, 0.15) is 12.1 Å². The number of hydrogen-bond donors (Lipinski definition) is 2. The van der Waals surface area contributed by atoms with Crippen LogP contribution in [0, 0.1) is 5.92 Å². The van der Waals surface area contributed by atoms with E-state index in [9.17, 15) is 27.6 Å². The normalized spacial score (nSPS) is 21.4. The van der Waals surface area contributed by atoms with E-state index in [1.165, 1.54) is 19.1 Å². The molecule has 0 aromatic heterocycles. The summed E-state index contributed by atoms with van der Waals surface area (Å²) in [4.78, 5) is 37.7. The molecule has 2 N–H and O–H groups in total. The number of nitrogens with zero attached hydrogens (tertiary/aromatic N) is 1. The summed E-state index contributed by atoms with van der Waals surface area (Å²) in [7, 11) is 0. The Hall–Kier alpha value is -2.58. The lowest BCUT2D eigenvalue weighted by Gasteiger charge is -2.26. The van der Waals surface area contributed by atoms with E-state index in [4.69, 9.17) is 0 Å². The summed E-state index contributed by atoms with van der Waals surface area (Å²) in [6, 6.07) is 3.46. The zero-order valence-corrected chi connectivity index (χ0v) is 15.5. The summed E-state index contributed by atoms with van der Waals surface area (Å²) < 4.78 is 40.0. The number of carbonyl (C=O) groups excluding carboxylic acids is 3. The quantitative estimate of drug-likeness (QED) is 0.765. The lowest BCUT2D eigenvalue weighted by atomic mass is 9.87. The third kappa shape index (κ3) is 4.06. The molecule has 2 atom stereocenters. The topological polar surface area (TPSA) is 78.5 Å². The third-order valence-electron chi connectivity index (χ3n) is 4.74. The van der Waals surface area contributed by atoms with Crippen LogP contribution in [0.4, 0.5) is 18.0 Å². The molecule has 1 aliphatic rings. The number of alkyl halides is 3. The zero-order chi connectivity index (χ0) is 20.6. The number of urea groups is 1. The Morgan fingerprint density at radius 2 is 1.81 bits per heavy atom. The van der Waals surface area contributed by atoms with Crippen LogP contribution in [0.3, 0.4) is 0 Å². The van der Waals surface area contributed by atoms with Crippen LogP contribution in [-0.4, -0.2) is 35.3 Å². The predicted octanol–water partition coefficient (Wildman–Crippen LogP) is 2.63. The monoisotopic (exact) mass is 385 g/mol. The Morgan fingerprint density at radius 1 is 1.22 bits per heavy atom. The largest absolute Gasteiger partial charge is 0.416 e. The molecule has 0 unspecified atom stereocenters. The molecule has 0 saturated carbocycles. The molecular formula is C18H22F3N3O3. The van der Waals surface area contributed by atoms with Crippen molar-refractivity contribution in [3.05, 3.63) is 35.4 Å². The second-order valence-corrected chi connectivity index (χ2v) is 7.09. The van der Waals surface area contributed by atoms with Crippen molar-refractivity contribution < 1.29 is 27.6 Å². The third-order valence-corrected chi connectivity index (χ3v) is 4.74. The number of benzene rings is 1. The molecule has 0 radical (unpaired) electrons. The number of amides is 4. The van der Waals surface area contributed by atoms with Crippen LogP contribution in [0.25, 0.3) is 0 Å². The van der Waals surface area contributed by atoms with Crippen molar-refractivity contribution in [3.63, 3.8) is 0 Å². The van der Waals surface area contributed by atoms with Gasteiger partial charge in [-0.05, 0) is 31.4 Å². The Morgan fingerprint density at radius 3 is 2.37 bits per heavy atom. The Labute approximate surface area is 155 Å².